The molecule has 1 aromatic heterocycles. The molecule has 0 amide bonds. The summed E-state index contributed by atoms with van der Waals surface area (Å²) >= 11 is 11.7. The highest BCUT2D eigenvalue weighted by Gasteiger charge is 2.02. The van der Waals surface area contributed by atoms with E-state index < -0.39 is 0 Å². The maximum Gasteiger partial charge on any atom is 0.138 e. The molecule has 0 fully saturated rings. The van der Waals surface area contributed by atoms with E-state index >= 15 is 0 Å². The van der Waals surface area contributed by atoms with Crippen LogP contribution in [0.4, 0.5) is 0 Å². The van der Waals surface area contributed by atoms with Crippen molar-refractivity contribution in [3.8, 4) is 5.75 Å². The zero-order valence-corrected chi connectivity index (χ0v) is 9.82. The lowest BCUT2D eigenvalue weighted by Crippen LogP contribution is -2.08. The van der Waals surface area contributed by atoms with E-state index in [1.54, 1.807) is 29.2 Å². The highest BCUT2D eigenvalue weighted by Crippen LogP contribution is 2.27. The van der Waals surface area contributed by atoms with Crippen LogP contribution in [0, 0.1) is 0 Å². The molecule has 0 saturated carbocycles. The van der Waals surface area contributed by atoms with Crippen LogP contribution >= 0.6 is 23.2 Å². The summed E-state index contributed by atoms with van der Waals surface area (Å²) in [5.41, 5.74) is 0. The predicted molar refractivity (Wildman–Crippen MR) is 62.0 cm³/mol. The van der Waals surface area contributed by atoms with E-state index in [9.17, 15) is 0 Å². The van der Waals surface area contributed by atoms with Gasteiger partial charge in [-0.1, -0.05) is 23.2 Å². The first-order valence-electron chi connectivity index (χ1n) is 4.66. The molecule has 0 atom stereocenters. The van der Waals surface area contributed by atoms with Gasteiger partial charge in [0, 0.05) is 5.02 Å². The lowest BCUT2D eigenvalue weighted by molar-refractivity contribution is 0.291. The molecule has 16 heavy (non-hydrogen) atoms. The van der Waals surface area contributed by atoms with Crippen molar-refractivity contribution in [2.24, 2.45) is 0 Å². The van der Waals surface area contributed by atoms with Gasteiger partial charge in [-0.3, -0.25) is 0 Å². The van der Waals surface area contributed by atoms with Crippen molar-refractivity contribution in [1.82, 2.24) is 14.8 Å². The first-order valence-corrected chi connectivity index (χ1v) is 5.41. The normalized spacial score (nSPS) is 10.4. The van der Waals surface area contributed by atoms with Gasteiger partial charge in [-0.15, -0.1) is 0 Å². The van der Waals surface area contributed by atoms with E-state index in [-0.39, 0.29) is 0 Å². The maximum atomic E-state index is 5.95. The van der Waals surface area contributed by atoms with Gasteiger partial charge in [0.1, 0.15) is 25.0 Å². The topological polar surface area (TPSA) is 39.9 Å². The smallest absolute Gasteiger partial charge is 0.138 e. The van der Waals surface area contributed by atoms with Crippen LogP contribution in [0.25, 0.3) is 0 Å². The van der Waals surface area contributed by atoms with Crippen molar-refractivity contribution < 1.29 is 4.74 Å². The second kappa shape index (κ2) is 5.18. The number of nitrogens with zero attached hydrogens (tertiary/aromatic N) is 3. The first kappa shape index (κ1) is 11.2. The highest BCUT2D eigenvalue weighted by atomic mass is 35.5. The lowest BCUT2D eigenvalue weighted by atomic mass is 10.3. The van der Waals surface area contributed by atoms with E-state index in [4.69, 9.17) is 27.9 Å². The third-order valence-electron chi connectivity index (χ3n) is 1.94. The minimum atomic E-state index is 0.477. The Balaban J connectivity index is 1.90. The van der Waals surface area contributed by atoms with E-state index in [1.807, 2.05) is 0 Å². The highest BCUT2D eigenvalue weighted by molar-refractivity contribution is 6.35. The van der Waals surface area contributed by atoms with E-state index in [0.29, 0.717) is 28.9 Å². The molecular formula is C10H9Cl2N3O. The zero-order chi connectivity index (χ0) is 11.4. The van der Waals surface area contributed by atoms with Gasteiger partial charge in [0.15, 0.2) is 0 Å². The fourth-order valence-corrected chi connectivity index (χ4v) is 1.65. The number of rotatable bonds is 4. The molecule has 0 aliphatic carbocycles. The number of ether oxygens (including phenoxy) is 1. The van der Waals surface area contributed by atoms with Crippen LogP contribution in [0.15, 0.2) is 30.9 Å². The fraction of sp³-hybridized carbons (Fsp3) is 0.200. The molecule has 1 heterocycles. The van der Waals surface area contributed by atoms with Gasteiger partial charge in [0.25, 0.3) is 0 Å². The molecule has 2 aromatic rings. The molecule has 2 rings (SSSR count). The third-order valence-corrected chi connectivity index (χ3v) is 2.47. The van der Waals surface area contributed by atoms with Crippen molar-refractivity contribution >= 4 is 23.2 Å². The summed E-state index contributed by atoms with van der Waals surface area (Å²) in [5.74, 6) is 0.617. The second-order valence-electron chi connectivity index (χ2n) is 3.08. The second-order valence-corrected chi connectivity index (χ2v) is 3.93. The van der Waals surface area contributed by atoms with Gasteiger partial charge in [0.2, 0.25) is 0 Å². The molecule has 0 aliphatic rings. The summed E-state index contributed by atoms with van der Waals surface area (Å²) in [6.45, 7) is 1.10. The zero-order valence-electron chi connectivity index (χ0n) is 8.31. The Bertz CT molecular complexity index is 459. The lowest BCUT2D eigenvalue weighted by Gasteiger charge is -2.07. The van der Waals surface area contributed by atoms with Gasteiger partial charge in [-0.2, -0.15) is 5.10 Å². The molecule has 0 unspecified atom stereocenters. The van der Waals surface area contributed by atoms with E-state index in [2.05, 4.69) is 10.1 Å². The standard InChI is InChI=1S/C10H9Cl2N3O/c11-8-1-2-10(9(12)5-8)16-4-3-15-7-13-6-14-15/h1-2,5-7H,3-4H2. The molecule has 4 nitrogen and oxygen atoms in total. The molecule has 0 N–H and O–H groups in total. The van der Waals surface area contributed by atoms with E-state index in [0.717, 1.165) is 0 Å². The number of hydrogen-bond donors (Lipinski definition) is 0. The van der Waals surface area contributed by atoms with Gasteiger partial charge < -0.3 is 4.74 Å². The Morgan fingerprint density at radius 3 is 2.88 bits per heavy atom. The predicted octanol–water partition coefficient (Wildman–Crippen LogP) is 2.66. The average molecular weight is 258 g/mol. The van der Waals surface area contributed by atoms with Gasteiger partial charge in [-0.05, 0) is 18.2 Å². The van der Waals surface area contributed by atoms with Crippen LogP contribution < -0.4 is 4.74 Å². The monoisotopic (exact) mass is 257 g/mol. The summed E-state index contributed by atoms with van der Waals surface area (Å²) in [6.07, 6.45) is 3.11. The summed E-state index contributed by atoms with van der Waals surface area (Å²) in [6, 6.07) is 5.12. The van der Waals surface area contributed by atoms with Crippen LogP contribution in [0.1, 0.15) is 0 Å². The van der Waals surface area contributed by atoms with Crippen molar-refractivity contribution in [2.75, 3.05) is 6.61 Å². The van der Waals surface area contributed by atoms with Crippen molar-refractivity contribution in [2.45, 2.75) is 6.54 Å². The van der Waals surface area contributed by atoms with Crippen molar-refractivity contribution in [3.63, 3.8) is 0 Å². The number of hydrogen-bond acceptors (Lipinski definition) is 3. The summed E-state index contributed by atoms with van der Waals surface area (Å²) < 4.78 is 7.17. The Kier molecular flexibility index (Phi) is 3.64. The first-order chi connectivity index (χ1) is 7.75. The maximum absolute atomic E-state index is 5.95. The molecule has 1 aromatic carbocycles. The molecule has 6 heteroatoms. The minimum absolute atomic E-state index is 0.477. The number of benzene rings is 1. The molecular weight excluding hydrogens is 249 g/mol. The Morgan fingerprint density at radius 2 is 2.19 bits per heavy atom. The number of aromatic nitrogens is 3. The Labute approximate surface area is 103 Å². The van der Waals surface area contributed by atoms with Crippen LogP contribution in [-0.4, -0.2) is 21.4 Å². The molecule has 0 saturated heterocycles. The van der Waals surface area contributed by atoms with Crippen molar-refractivity contribution in [3.05, 3.63) is 40.9 Å². The molecule has 0 radical (unpaired) electrons. The summed E-state index contributed by atoms with van der Waals surface area (Å²) in [7, 11) is 0. The van der Waals surface area contributed by atoms with Crippen LogP contribution in [-0.2, 0) is 6.54 Å². The minimum Gasteiger partial charge on any atom is -0.490 e. The van der Waals surface area contributed by atoms with Crippen LogP contribution in [0.2, 0.25) is 10.0 Å². The molecule has 84 valence electrons. The molecule has 0 aliphatic heterocycles. The Morgan fingerprint density at radius 1 is 1.31 bits per heavy atom. The molecule has 0 bridgehead atoms. The SMILES string of the molecule is Clc1ccc(OCCn2cncn2)c(Cl)c1. The average Bonchev–Trinajstić information content (AvgIpc) is 2.74. The van der Waals surface area contributed by atoms with Crippen LogP contribution in [0.5, 0.6) is 5.75 Å². The third kappa shape index (κ3) is 2.87. The quantitative estimate of drug-likeness (QED) is 0.846. The Hall–Kier alpha value is -1.26. The number of halogens is 2. The van der Waals surface area contributed by atoms with Gasteiger partial charge in [-0.25, -0.2) is 9.67 Å². The van der Waals surface area contributed by atoms with E-state index in [1.165, 1.54) is 6.33 Å². The fourth-order valence-electron chi connectivity index (χ4n) is 1.19. The molecule has 0 spiro atoms. The summed E-state index contributed by atoms with van der Waals surface area (Å²) in [4.78, 5) is 3.83. The van der Waals surface area contributed by atoms with Gasteiger partial charge in [0.05, 0.1) is 11.6 Å². The van der Waals surface area contributed by atoms with Gasteiger partial charge >= 0.3 is 0 Å². The summed E-state index contributed by atoms with van der Waals surface area (Å²) in [5, 5.41) is 5.05. The van der Waals surface area contributed by atoms with Crippen molar-refractivity contribution in [1.29, 1.82) is 0 Å². The largest absolute Gasteiger partial charge is 0.490 e. The van der Waals surface area contributed by atoms with Crippen LogP contribution in [0.3, 0.4) is 0 Å².